The van der Waals surface area contributed by atoms with Crippen LogP contribution in [0, 0.1) is 5.82 Å². The Hall–Kier alpha value is -2.88. The predicted octanol–water partition coefficient (Wildman–Crippen LogP) is -0.477. The Labute approximate surface area is 160 Å². The molecule has 2 aliphatic heterocycles. The van der Waals surface area contributed by atoms with Crippen molar-refractivity contribution in [1.29, 1.82) is 0 Å². The normalized spacial score (nSPS) is 18.0. The highest BCUT2D eigenvalue weighted by Crippen LogP contribution is 2.31. The highest BCUT2D eigenvalue weighted by Gasteiger charge is 2.35. The molecule has 0 radical (unpaired) electrons. The summed E-state index contributed by atoms with van der Waals surface area (Å²) >= 11 is 0. The summed E-state index contributed by atoms with van der Waals surface area (Å²) < 4.78 is 18.8. The van der Waals surface area contributed by atoms with E-state index in [0.717, 1.165) is 18.6 Å². The number of aliphatic hydroxyl groups is 1. The summed E-state index contributed by atoms with van der Waals surface area (Å²) in [6.45, 7) is 1.11. The van der Waals surface area contributed by atoms with Gasteiger partial charge in [0.1, 0.15) is 5.82 Å². The van der Waals surface area contributed by atoms with E-state index in [-0.39, 0.29) is 48.8 Å². The number of hydrogen-bond donors (Lipinski definition) is 3. The Kier molecular flexibility index (Phi) is 5.68. The number of benzene rings is 1. The predicted molar refractivity (Wildman–Crippen MR) is 93.9 cm³/mol. The van der Waals surface area contributed by atoms with Crippen molar-refractivity contribution in [1.82, 2.24) is 15.1 Å². The minimum absolute atomic E-state index is 0.0284. The number of phenolic OH excluding ortho intramolecular Hbond substituents is 1. The molecule has 9 nitrogen and oxygen atoms in total. The van der Waals surface area contributed by atoms with Gasteiger partial charge in [-0.1, -0.05) is 0 Å². The van der Waals surface area contributed by atoms with E-state index < -0.39 is 23.6 Å². The molecule has 152 valence electrons. The first-order chi connectivity index (χ1) is 13.3. The number of halogens is 1. The van der Waals surface area contributed by atoms with Gasteiger partial charge in [0.05, 0.1) is 19.7 Å². The Bertz CT molecular complexity index is 796. The van der Waals surface area contributed by atoms with Crippen molar-refractivity contribution < 1.29 is 33.7 Å². The summed E-state index contributed by atoms with van der Waals surface area (Å²) in [5.41, 5.74) is -0.327. The summed E-state index contributed by atoms with van der Waals surface area (Å²) in [6.07, 6.45) is -0.578. The van der Waals surface area contributed by atoms with Crippen LogP contribution in [0.15, 0.2) is 12.1 Å². The molecule has 10 heteroatoms. The summed E-state index contributed by atoms with van der Waals surface area (Å²) in [5.74, 6) is -2.51. The Morgan fingerprint density at radius 3 is 2.71 bits per heavy atom. The van der Waals surface area contributed by atoms with Crippen molar-refractivity contribution in [3.8, 4) is 11.5 Å². The smallest absolute Gasteiger partial charge is 0.253 e. The lowest BCUT2D eigenvalue weighted by molar-refractivity contribution is -0.143. The van der Waals surface area contributed by atoms with E-state index in [1.54, 1.807) is 0 Å². The van der Waals surface area contributed by atoms with Crippen molar-refractivity contribution in [2.45, 2.75) is 25.0 Å². The molecular formula is C18H22FN3O6. The molecule has 0 aliphatic carbocycles. The largest absolute Gasteiger partial charge is 0.504 e. The van der Waals surface area contributed by atoms with Crippen molar-refractivity contribution in [3.05, 3.63) is 23.5 Å². The molecule has 2 saturated heterocycles. The summed E-state index contributed by atoms with van der Waals surface area (Å²) in [6, 6.07) is 1.44. The number of phenols is 1. The van der Waals surface area contributed by atoms with Gasteiger partial charge in [-0.05, 0) is 12.5 Å². The number of carbonyl (C=O) groups excluding carboxylic acids is 3. The van der Waals surface area contributed by atoms with Crippen LogP contribution in [-0.4, -0.2) is 77.1 Å². The van der Waals surface area contributed by atoms with Gasteiger partial charge in [0, 0.05) is 37.7 Å². The van der Waals surface area contributed by atoms with Gasteiger partial charge in [-0.2, -0.15) is 0 Å². The number of amides is 3. The van der Waals surface area contributed by atoms with Gasteiger partial charge in [0.2, 0.25) is 11.8 Å². The molecule has 3 N–H and O–H groups in total. The second-order valence-corrected chi connectivity index (χ2v) is 6.87. The maximum atomic E-state index is 14.0. The number of nitrogens with one attached hydrogen (secondary N) is 1. The molecule has 2 fully saturated rings. The Morgan fingerprint density at radius 2 is 2.11 bits per heavy atom. The number of aromatic hydroxyl groups is 1. The summed E-state index contributed by atoms with van der Waals surface area (Å²) in [7, 11) is 1.26. The van der Waals surface area contributed by atoms with Crippen molar-refractivity contribution >= 4 is 17.7 Å². The molecule has 0 spiro atoms. The highest BCUT2D eigenvalue weighted by atomic mass is 19.1. The quantitative estimate of drug-likeness (QED) is 0.599. The zero-order valence-electron chi connectivity index (χ0n) is 15.4. The summed E-state index contributed by atoms with van der Waals surface area (Å²) in [5, 5.41) is 22.2. The van der Waals surface area contributed by atoms with Crippen LogP contribution in [0.5, 0.6) is 11.5 Å². The van der Waals surface area contributed by atoms with Crippen LogP contribution in [-0.2, 0) is 14.4 Å². The second-order valence-electron chi connectivity index (χ2n) is 6.87. The SMILES string of the molecule is COc1cc(C(O)C(=O)NC2CN(C(=O)CN3CCCC3=O)C2)c(F)cc1O. The van der Waals surface area contributed by atoms with E-state index in [2.05, 4.69) is 5.32 Å². The molecule has 2 heterocycles. The van der Waals surface area contributed by atoms with Gasteiger partial charge in [0.15, 0.2) is 17.6 Å². The van der Waals surface area contributed by atoms with Crippen LogP contribution in [0.2, 0.25) is 0 Å². The highest BCUT2D eigenvalue weighted by molar-refractivity contribution is 5.87. The zero-order chi connectivity index (χ0) is 20.4. The average Bonchev–Trinajstić information content (AvgIpc) is 3.01. The molecule has 1 aromatic rings. The van der Waals surface area contributed by atoms with Crippen molar-refractivity contribution in [2.75, 3.05) is 33.3 Å². The number of aliphatic hydroxyl groups excluding tert-OH is 1. The second kappa shape index (κ2) is 8.01. The molecule has 1 aromatic carbocycles. The standard InChI is InChI=1S/C18H22FN3O6/c1-28-14-5-11(12(19)6-13(14)23)17(26)18(27)20-10-7-22(8-10)16(25)9-21-4-2-3-15(21)24/h5-6,10,17,23,26H,2-4,7-9H2,1H3,(H,20,27). The number of carbonyl (C=O) groups is 3. The number of nitrogens with zero attached hydrogens (tertiary/aromatic N) is 2. The molecule has 0 bridgehead atoms. The maximum Gasteiger partial charge on any atom is 0.253 e. The molecule has 0 saturated carbocycles. The summed E-state index contributed by atoms with van der Waals surface area (Å²) in [4.78, 5) is 38.9. The minimum atomic E-state index is -1.79. The van der Waals surface area contributed by atoms with E-state index in [1.165, 1.54) is 16.9 Å². The Balaban J connectivity index is 1.51. The lowest BCUT2D eigenvalue weighted by Crippen LogP contribution is -2.62. The first-order valence-electron chi connectivity index (χ1n) is 8.90. The van der Waals surface area contributed by atoms with Crippen molar-refractivity contribution in [3.63, 3.8) is 0 Å². The molecule has 1 atom stereocenters. The number of hydrogen-bond acceptors (Lipinski definition) is 6. The molecule has 1 unspecified atom stereocenters. The van der Waals surface area contributed by atoms with Gasteiger partial charge >= 0.3 is 0 Å². The van der Waals surface area contributed by atoms with Crippen LogP contribution in [0.4, 0.5) is 4.39 Å². The number of rotatable bonds is 6. The third kappa shape index (κ3) is 4.01. The van der Waals surface area contributed by atoms with Crippen molar-refractivity contribution in [2.24, 2.45) is 0 Å². The number of methoxy groups -OCH3 is 1. The van der Waals surface area contributed by atoms with Gasteiger partial charge in [-0.25, -0.2) is 4.39 Å². The van der Waals surface area contributed by atoms with Crippen LogP contribution in [0.1, 0.15) is 24.5 Å². The van der Waals surface area contributed by atoms with E-state index >= 15 is 0 Å². The average molecular weight is 395 g/mol. The number of likely N-dealkylation sites (tertiary alicyclic amines) is 2. The molecule has 0 aromatic heterocycles. The topological polar surface area (TPSA) is 119 Å². The lowest BCUT2D eigenvalue weighted by Gasteiger charge is -2.40. The van der Waals surface area contributed by atoms with Crippen LogP contribution < -0.4 is 10.1 Å². The van der Waals surface area contributed by atoms with Crippen LogP contribution in [0.3, 0.4) is 0 Å². The molecule has 3 rings (SSSR count). The minimum Gasteiger partial charge on any atom is -0.504 e. The monoisotopic (exact) mass is 395 g/mol. The molecule has 28 heavy (non-hydrogen) atoms. The van der Waals surface area contributed by atoms with Gasteiger partial charge in [0.25, 0.3) is 5.91 Å². The van der Waals surface area contributed by atoms with Gasteiger partial charge < -0.3 is 30.1 Å². The fourth-order valence-electron chi connectivity index (χ4n) is 3.26. The third-order valence-electron chi connectivity index (χ3n) is 4.92. The number of ether oxygens (including phenoxy) is 1. The van der Waals surface area contributed by atoms with Gasteiger partial charge in [-0.3, -0.25) is 14.4 Å². The fraction of sp³-hybridized carbons (Fsp3) is 0.500. The van der Waals surface area contributed by atoms with E-state index in [4.69, 9.17) is 4.74 Å². The fourth-order valence-corrected chi connectivity index (χ4v) is 3.26. The molecule has 2 aliphatic rings. The zero-order valence-corrected chi connectivity index (χ0v) is 15.4. The van der Waals surface area contributed by atoms with Gasteiger partial charge in [-0.15, -0.1) is 0 Å². The van der Waals surface area contributed by atoms with E-state index in [9.17, 15) is 29.0 Å². The first-order valence-corrected chi connectivity index (χ1v) is 8.90. The lowest BCUT2D eigenvalue weighted by atomic mass is 10.0. The van der Waals surface area contributed by atoms with Crippen LogP contribution in [0.25, 0.3) is 0 Å². The van der Waals surface area contributed by atoms with E-state index in [0.29, 0.717) is 13.0 Å². The van der Waals surface area contributed by atoms with E-state index in [1.807, 2.05) is 0 Å². The molecular weight excluding hydrogens is 373 g/mol. The third-order valence-corrected chi connectivity index (χ3v) is 4.92. The maximum absolute atomic E-state index is 14.0. The Morgan fingerprint density at radius 1 is 1.39 bits per heavy atom. The van der Waals surface area contributed by atoms with Crippen LogP contribution >= 0.6 is 0 Å². The first kappa shape index (κ1) is 19.9. The molecule has 3 amide bonds.